The van der Waals surface area contributed by atoms with Crippen molar-refractivity contribution in [3.8, 4) is 0 Å². The van der Waals surface area contributed by atoms with Gasteiger partial charge in [0.25, 0.3) is 0 Å². The first-order chi connectivity index (χ1) is 11.3. The first kappa shape index (κ1) is 15.1. The highest BCUT2D eigenvalue weighted by atomic mass is 14.2. The van der Waals surface area contributed by atoms with Crippen molar-refractivity contribution in [2.24, 2.45) is 0 Å². The van der Waals surface area contributed by atoms with Crippen molar-refractivity contribution in [2.75, 3.05) is 0 Å². The van der Waals surface area contributed by atoms with Crippen molar-refractivity contribution in [2.45, 2.75) is 5.92 Å². The molecule has 0 heterocycles. The maximum atomic E-state index is 3.83. The molecule has 0 amide bonds. The van der Waals surface area contributed by atoms with Crippen molar-refractivity contribution < 1.29 is 0 Å². The molecule has 0 aliphatic rings. The maximum absolute atomic E-state index is 3.83. The third-order valence-corrected chi connectivity index (χ3v) is 4.14. The second-order valence-corrected chi connectivity index (χ2v) is 5.59. The van der Waals surface area contributed by atoms with Gasteiger partial charge >= 0.3 is 0 Å². The van der Waals surface area contributed by atoms with Gasteiger partial charge in [-0.2, -0.15) is 0 Å². The maximum Gasteiger partial charge on any atom is 0.0340 e. The average molecular weight is 296 g/mol. The zero-order chi connectivity index (χ0) is 16.1. The molecule has 0 radical (unpaired) electrons. The summed E-state index contributed by atoms with van der Waals surface area (Å²) in [6.07, 6.45) is 3.75. The lowest BCUT2D eigenvalue weighted by molar-refractivity contribution is 0.977. The lowest BCUT2D eigenvalue weighted by Gasteiger charge is -2.19. The molecule has 0 saturated heterocycles. The molecule has 0 unspecified atom stereocenters. The van der Waals surface area contributed by atoms with E-state index in [1.807, 2.05) is 12.2 Å². The van der Waals surface area contributed by atoms with Gasteiger partial charge in [0.15, 0.2) is 0 Å². The molecule has 0 nitrogen and oxygen atoms in total. The molecular weight excluding hydrogens is 276 g/mol. The molecule has 0 spiro atoms. The van der Waals surface area contributed by atoms with Gasteiger partial charge in [0.2, 0.25) is 0 Å². The zero-order valence-electron chi connectivity index (χ0n) is 13.2. The molecule has 0 saturated carbocycles. The van der Waals surface area contributed by atoms with Crippen molar-refractivity contribution in [3.05, 3.63) is 120 Å². The van der Waals surface area contributed by atoms with E-state index in [2.05, 4.69) is 92.0 Å². The average Bonchev–Trinajstić information content (AvgIpc) is 2.64. The van der Waals surface area contributed by atoms with Gasteiger partial charge in [0.05, 0.1) is 0 Å². The monoisotopic (exact) mass is 296 g/mol. The van der Waals surface area contributed by atoms with Crippen LogP contribution in [-0.4, -0.2) is 0 Å². The summed E-state index contributed by atoms with van der Waals surface area (Å²) in [5.41, 5.74) is 6.15. The molecule has 0 heteroatoms. The van der Waals surface area contributed by atoms with E-state index in [0.717, 1.165) is 11.1 Å². The summed E-state index contributed by atoms with van der Waals surface area (Å²) >= 11 is 0. The second kappa shape index (κ2) is 6.93. The van der Waals surface area contributed by atoms with Crippen LogP contribution in [0.25, 0.3) is 12.2 Å². The molecule has 0 N–H and O–H groups in total. The van der Waals surface area contributed by atoms with Crippen LogP contribution in [0.5, 0.6) is 0 Å². The van der Waals surface area contributed by atoms with Gasteiger partial charge in [-0.1, -0.05) is 104 Å². The molecule has 112 valence electrons. The van der Waals surface area contributed by atoms with E-state index in [1.54, 1.807) is 0 Å². The molecule has 23 heavy (non-hydrogen) atoms. The molecule has 0 fully saturated rings. The number of benzene rings is 3. The van der Waals surface area contributed by atoms with Crippen molar-refractivity contribution in [1.29, 1.82) is 0 Å². The fourth-order valence-corrected chi connectivity index (χ4v) is 2.87. The van der Waals surface area contributed by atoms with Crippen molar-refractivity contribution >= 4 is 12.2 Å². The predicted octanol–water partition coefficient (Wildman–Crippen LogP) is 6.15. The minimum absolute atomic E-state index is 0.230. The standard InChI is InChI=1S/C23H20/c1-3-18-10-14-21(15-11-18)23(20-8-6-5-7-9-20)22-16-12-19(4-2)13-17-22/h3-17,23H,1-2H2. The Morgan fingerprint density at radius 3 is 1.30 bits per heavy atom. The minimum Gasteiger partial charge on any atom is -0.0985 e. The van der Waals surface area contributed by atoms with Crippen LogP contribution in [0.1, 0.15) is 33.7 Å². The normalized spacial score (nSPS) is 10.5. The van der Waals surface area contributed by atoms with Crippen LogP contribution in [0.4, 0.5) is 0 Å². The Bertz CT molecular complexity index is 726. The van der Waals surface area contributed by atoms with Gasteiger partial charge in [-0.15, -0.1) is 0 Å². The summed E-state index contributed by atoms with van der Waals surface area (Å²) in [6.45, 7) is 7.66. The van der Waals surface area contributed by atoms with E-state index >= 15 is 0 Å². The summed E-state index contributed by atoms with van der Waals surface area (Å²) in [5, 5.41) is 0. The zero-order valence-corrected chi connectivity index (χ0v) is 13.2. The van der Waals surface area contributed by atoms with Crippen LogP contribution in [-0.2, 0) is 0 Å². The Hall–Kier alpha value is -2.86. The summed E-state index contributed by atoms with van der Waals surface area (Å²) in [7, 11) is 0. The van der Waals surface area contributed by atoms with Crippen molar-refractivity contribution in [1.82, 2.24) is 0 Å². The molecule has 0 bridgehead atoms. The summed E-state index contributed by atoms with van der Waals surface area (Å²) in [6, 6.07) is 27.9. The smallest absolute Gasteiger partial charge is 0.0340 e. The first-order valence-electron chi connectivity index (χ1n) is 7.81. The van der Waals surface area contributed by atoms with Gasteiger partial charge in [0.1, 0.15) is 0 Å². The summed E-state index contributed by atoms with van der Waals surface area (Å²) < 4.78 is 0. The van der Waals surface area contributed by atoms with Crippen LogP contribution in [0, 0.1) is 0 Å². The lowest BCUT2D eigenvalue weighted by atomic mass is 9.84. The quantitative estimate of drug-likeness (QED) is 0.495. The van der Waals surface area contributed by atoms with E-state index in [4.69, 9.17) is 0 Å². The Labute approximate surface area is 138 Å². The van der Waals surface area contributed by atoms with E-state index < -0.39 is 0 Å². The molecule has 0 aromatic heterocycles. The molecule has 0 aliphatic heterocycles. The molecule has 3 aromatic rings. The van der Waals surface area contributed by atoms with E-state index in [-0.39, 0.29) is 5.92 Å². The Kier molecular flexibility index (Phi) is 4.54. The Balaban J connectivity index is 2.08. The Morgan fingerprint density at radius 2 is 0.913 bits per heavy atom. The van der Waals surface area contributed by atoms with Crippen LogP contribution in [0.2, 0.25) is 0 Å². The van der Waals surface area contributed by atoms with Crippen LogP contribution >= 0.6 is 0 Å². The van der Waals surface area contributed by atoms with Gasteiger partial charge < -0.3 is 0 Å². The predicted molar refractivity (Wildman–Crippen MR) is 100 cm³/mol. The van der Waals surface area contributed by atoms with Crippen molar-refractivity contribution in [3.63, 3.8) is 0 Å². The molecule has 0 atom stereocenters. The third-order valence-electron chi connectivity index (χ3n) is 4.14. The van der Waals surface area contributed by atoms with Gasteiger partial charge in [-0.3, -0.25) is 0 Å². The SMILES string of the molecule is C=Cc1ccc(C(c2ccccc2)c2ccc(C=C)cc2)cc1. The number of hydrogen-bond donors (Lipinski definition) is 0. The van der Waals surface area contributed by atoms with E-state index in [9.17, 15) is 0 Å². The molecule has 3 aromatic carbocycles. The van der Waals surface area contributed by atoms with Crippen LogP contribution < -0.4 is 0 Å². The fraction of sp³-hybridized carbons (Fsp3) is 0.0435. The first-order valence-corrected chi connectivity index (χ1v) is 7.81. The Morgan fingerprint density at radius 1 is 0.522 bits per heavy atom. The summed E-state index contributed by atoms with van der Waals surface area (Å²) in [5.74, 6) is 0.230. The largest absolute Gasteiger partial charge is 0.0985 e. The van der Waals surface area contributed by atoms with Gasteiger partial charge in [-0.25, -0.2) is 0 Å². The van der Waals surface area contributed by atoms with Crippen LogP contribution in [0.3, 0.4) is 0 Å². The fourth-order valence-electron chi connectivity index (χ4n) is 2.87. The lowest BCUT2D eigenvalue weighted by Crippen LogP contribution is -2.03. The summed E-state index contributed by atoms with van der Waals surface area (Å²) in [4.78, 5) is 0. The van der Waals surface area contributed by atoms with E-state index in [0.29, 0.717) is 0 Å². The molecule has 3 rings (SSSR count). The molecule has 0 aliphatic carbocycles. The van der Waals surface area contributed by atoms with E-state index in [1.165, 1.54) is 16.7 Å². The number of rotatable bonds is 5. The van der Waals surface area contributed by atoms with Crippen LogP contribution in [0.15, 0.2) is 92.0 Å². The van der Waals surface area contributed by atoms with Gasteiger partial charge in [0, 0.05) is 5.92 Å². The minimum atomic E-state index is 0.230. The highest BCUT2D eigenvalue weighted by Gasteiger charge is 2.16. The highest BCUT2D eigenvalue weighted by molar-refractivity contribution is 5.52. The third kappa shape index (κ3) is 3.32. The number of hydrogen-bond acceptors (Lipinski definition) is 0. The van der Waals surface area contributed by atoms with Gasteiger partial charge in [-0.05, 0) is 27.8 Å². The highest BCUT2D eigenvalue weighted by Crippen LogP contribution is 2.32. The second-order valence-electron chi connectivity index (χ2n) is 5.59. The molecular formula is C23H20. The topological polar surface area (TPSA) is 0 Å².